The molecule has 0 saturated heterocycles. The molecule has 8 nitrogen and oxygen atoms in total. The van der Waals surface area contributed by atoms with Crippen LogP contribution in [0, 0.1) is 5.92 Å². The molecular weight excluding hydrogens is 350 g/mol. The first kappa shape index (κ1) is 18.9. The number of esters is 1. The third-order valence-corrected chi connectivity index (χ3v) is 4.73. The first-order chi connectivity index (χ1) is 13.0. The van der Waals surface area contributed by atoms with Crippen molar-refractivity contribution in [1.82, 2.24) is 15.1 Å². The van der Waals surface area contributed by atoms with E-state index in [2.05, 4.69) is 17.3 Å². The third kappa shape index (κ3) is 5.06. The highest BCUT2D eigenvalue weighted by atomic mass is 16.5. The van der Waals surface area contributed by atoms with Gasteiger partial charge in [-0.2, -0.15) is 4.68 Å². The van der Waals surface area contributed by atoms with Crippen LogP contribution < -0.4 is 11.1 Å². The van der Waals surface area contributed by atoms with Crippen molar-refractivity contribution >= 4 is 11.9 Å². The second kappa shape index (κ2) is 8.66. The van der Waals surface area contributed by atoms with E-state index in [1.165, 1.54) is 6.42 Å². The minimum absolute atomic E-state index is 0.122. The fourth-order valence-corrected chi connectivity index (χ4v) is 3.20. The molecule has 0 radical (unpaired) electrons. The van der Waals surface area contributed by atoms with Crippen LogP contribution in [0.2, 0.25) is 0 Å². The Morgan fingerprint density at radius 3 is 2.74 bits per heavy atom. The van der Waals surface area contributed by atoms with Crippen molar-refractivity contribution in [3.63, 3.8) is 0 Å². The van der Waals surface area contributed by atoms with E-state index in [9.17, 15) is 14.4 Å². The second-order valence-electron chi connectivity index (χ2n) is 6.79. The number of benzene rings is 1. The lowest BCUT2D eigenvalue weighted by Crippen LogP contribution is -2.43. The Hall–Kier alpha value is -2.90. The molecule has 1 saturated carbocycles. The van der Waals surface area contributed by atoms with Crippen molar-refractivity contribution in [2.45, 2.75) is 45.2 Å². The van der Waals surface area contributed by atoms with Gasteiger partial charge in [0, 0.05) is 11.6 Å². The monoisotopic (exact) mass is 373 g/mol. The Kier molecular flexibility index (Phi) is 6.05. The van der Waals surface area contributed by atoms with Gasteiger partial charge in [0.2, 0.25) is 5.89 Å². The predicted octanol–water partition coefficient (Wildman–Crippen LogP) is 1.74. The minimum atomic E-state index is -0.758. The molecule has 2 atom stereocenters. The summed E-state index contributed by atoms with van der Waals surface area (Å²) >= 11 is 0. The van der Waals surface area contributed by atoms with Crippen molar-refractivity contribution in [2.24, 2.45) is 5.92 Å². The lowest BCUT2D eigenvalue weighted by molar-refractivity contribution is -0.149. The van der Waals surface area contributed by atoms with E-state index in [-0.39, 0.29) is 24.4 Å². The van der Waals surface area contributed by atoms with Gasteiger partial charge in [-0.05, 0) is 30.9 Å². The van der Waals surface area contributed by atoms with Gasteiger partial charge in [0.15, 0.2) is 6.61 Å². The van der Waals surface area contributed by atoms with E-state index < -0.39 is 18.3 Å². The molecule has 27 heavy (non-hydrogen) atoms. The van der Waals surface area contributed by atoms with Crippen molar-refractivity contribution in [1.29, 1.82) is 0 Å². The van der Waals surface area contributed by atoms with Gasteiger partial charge in [0.25, 0.3) is 5.91 Å². The molecule has 8 heteroatoms. The van der Waals surface area contributed by atoms with Crippen molar-refractivity contribution < 1.29 is 18.7 Å². The van der Waals surface area contributed by atoms with Crippen molar-refractivity contribution in [3.05, 3.63) is 40.9 Å². The number of amides is 1. The fraction of sp³-hybridized carbons (Fsp3) is 0.474. The molecule has 1 aliphatic rings. The number of carbonyl (C=O) groups is 2. The smallest absolute Gasteiger partial charge is 0.437 e. The molecule has 144 valence electrons. The summed E-state index contributed by atoms with van der Waals surface area (Å²) in [7, 11) is 0. The minimum Gasteiger partial charge on any atom is -0.454 e. The molecule has 1 amide bonds. The zero-order valence-electron chi connectivity index (χ0n) is 15.2. The van der Waals surface area contributed by atoms with Gasteiger partial charge in [0.1, 0.15) is 6.54 Å². The lowest BCUT2D eigenvalue weighted by atomic mass is 9.86. The van der Waals surface area contributed by atoms with E-state index in [0.717, 1.165) is 23.9 Å². The zero-order chi connectivity index (χ0) is 19.2. The van der Waals surface area contributed by atoms with Gasteiger partial charge in [-0.1, -0.05) is 38.0 Å². The van der Waals surface area contributed by atoms with Gasteiger partial charge in [-0.15, -0.1) is 5.10 Å². The summed E-state index contributed by atoms with van der Waals surface area (Å²) in [6.45, 7) is 1.32. The van der Waals surface area contributed by atoms with E-state index >= 15 is 0 Å². The number of nitrogens with one attached hydrogen (secondary N) is 1. The molecule has 1 aromatic carbocycles. The van der Waals surface area contributed by atoms with Gasteiger partial charge < -0.3 is 14.5 Å². The molecule has 2 aromatic rings. The fourth-order valence-electron chi connectivity index (χ4n) is 3.20. The van der Waals surface area contributed by atoms with Crippen LogP contribution in [0.4, 0.5) is 0 Å². The number of rotatable bonds is 6. The molecule has 1 fully saturated rings. The van der Waals surface area contributed by atoms with Crippen LogP contribution in [0.15, 0.2) is 39.5 Å². The van der Waals surface area contributed by atoms with Gasteiger partial charge in [-0.3, -0.25) is 9.59 Å². The summed E-state index contributed by atoms with van der Waals surface area (Å²) in [6.07, 6.45) is 4.30. The van der Waals surface area contributed by atoms with Crippen LogP contribution in [-0.4, -0.2) is 34.3 Å². The van der Waals surface area contributed by atoms with Crippen LogP contribution >= 0.6 is 0 Å². The van der Waals surface area contributed by atoms with Crippen LogP contribution in [0.25, 0.3) is 11.5 Å². The van der Waals surface area contributed by atoms with Gasteiger partial charge >= 0.3 is 11.7 Å². The Balaban J connectivity index is 1.50. The number of hydrogen-bond donors (Lipinski definition) is 1. The van der Waals surface area contributed by atoms with E-state index in [1.54, 1.807) is 24.3 Å². The predicted molar refractivity (Wildman–Crippen MR) is 96.7 cm³/mol. The van der Waals surface area contributed by atoms with Crippen LogP contribution in [0.3, 0.4) is 0 Å². The number of carbonyl (C=O) groups excluding carboxylic acids is 2. The number of nitrogens with zero attached hydrogens (tertiary/aromatic N) is 2. The van der Waals surface area contributed by atoms with E-state index in [1.807, 2.05) is 6.07 Å². The summed E-state index contributed by atoms with van der Waals surface area (Å²) in [5, 5.41) is 6.89. The molecule has 0 bridgehead atoms. The Morgan fingerprint density at radius 2 is 2.00 bits per heavy atom. The van der Waals surface area contributed by atoms with Crippen LogP contribution in [0.5, 0.6) is 0 Å². The van der Waals surface area contributed by atoms with Crippen molar-refractivity contribution in [3.8, 4) is 11.5 Å². The number of aromatic nitrogens is 2. The van der Waals surface area contributed by atoms with Gasteiger partial charge in [0.05, 0.1) is 0 Å². The molecule has 0 spiro atoms. The highest BCUT2D eigenvalue weighted by molar-refractivity contribution is 5.80. The molecule has 3 rings (SSSR count). The molecule has 1 aliphatic carbocycles. The summed E-state index contributed by atoms with van der Waals surface area (Å²) in [5.74, 6) is -1.27. The summed E-state index contributed by atoms with van der Waals surface area (Å²) in [6, 6.07) is 9.00. The first-order valence-electron chi connectivity index (χ1n) is 9.11. The maximum Gasteiger partial charge on any atom is 0.437 e. The number of hydrogen-bond acceptors (Lipinski definition) is 6. The van der Waals surface area contributed by atoms with E-state index in [4.69, 9.17) is 9.15 Å². The number of ether oxygens (including phenoxy) is 1. The maximum absolute atomic E-state index is 12.0. The Bertz CT molecular complexity index is 843. The van der Waals surface area contributed by atoms with E-state index in [0.29, 0.717) is 11.5 Å². The van der Waals surface area contributed by atoms with Crippen molar-refractivity contribution in [2.75, 3.05) is 6.61 Å². The Morgan fingerprint density at radius 1 is 1.26 bits per heavy atom. The third-order valence-electron chi connectivity index (χ3n) is 4.73. The molecule has 0 unspecified atom stereocenters. The van der Waals surface area contributed by atoms with Crippen LogP contribution in [-0.2, 0) is 20.9 Å². The topological polar surface area (TPSA) is 103 Å². The molecular formula is C19H23N3O5. The lowest BCUT2D eigenvalue weighted by Gasteiger charge is -2.29. The van der Waals surface area contributed by atoms with Gasteiger partial charge in [-0.25, -0.2) is 4.79 Å². The molecule has 1 heterocycles. The standard InChI is InChI=1S/C19H23N3O5/c1-13-7-5-6-10-15(13)20-16(23)12-26-17(24)11-22-19(25)27-18(21-22)14-8-3-2-4-9-14/h2-4,8-9,13,15H,5-7,10-12H2,1H3,(H,20,23)/t13-,15+/m0/s1. The first-order valence-corrected chi connectivity index (χ1v) is 9.11. The summed E-state index contributed by atoms with van der Waals surface area (Å²) in [5.41, 5.74) is 0.627. The normalized spacial score (nSPS) is 19.4. The average molecular weight is 373 g/mol. The highest BCUT2D eigenvalue weighted by Gasteiger charge is 2.23. The quantitative estimate of drug-likeness (QED) is 0.774. The molecule has 0 aliphatic heterocycles. The maximum atomic E-state index is 12.0. The molecule has 1 aromatic heterocycles. The summed E-state index contributed by atoms with van der Waals surface area (Å²) < 4.78 is 10.9. The zero-order valence-corrected chi connectivity index (χ0v) is 15.2. The highest BCUT2D eigenvalue weighted by Crippen LogP contribution is 2.23. The second-order valence-corrected chi connectivity index (χ2v) is 6.79. The Labute approximate surface area is 156 Å². The average Bonchev–Trinajstić information content (AvgIpc) is 3.03. The SMILES string of the molecule is C[C@H]1CCCC[C@H]1NC(=O)COC(=O)Cn1nc(-c2ccccc2)oc1=O. The summed E-state index contributed by atoms with van der Waals surface area (Å²) in [4.78, 5) is 35.7. The largest absolute Gasteiger partial charge is 0.454 e. The molecule has 1 N–H and O–H groups in total. The van der Waals surface area contributed by atoms with Crippen LogP contribution in [0.1, 0.15) is 32.6 Å².